The number of hydrogen-bond donors (Lipinski definition) is 2. The number of primary amides is 1. The number of nitrogens with two attached hydrogens (primary N) is 1. The highest BCUT2D eigenvalue weighted by molar-refractivity contribution is 7.20. The average molecular weight is 278 g/mol. The standard InChI is InChI=1S/C11H10N4O3S/c1-5-6-9(19-7(5)8(13)16)14-11(18)15(10(6)17)4-2-3-12/h2,4H2,1H3,(H2,13,16)(H,14,18). The van der Waals surface area contributed by atoms with Gasteiger partial charge in [0, 0.05) is 6.54 Å². The van der Waals surface area contributed by atoms with Crippen LogP contribution in [0.5, 0.6) is 0 Å². The molecule has 0 saturated carbocycles. The van der Waals surface area contributed by atoms with Crippen molar-refractivity contribution in [1.29, 1.82) is 5.26 Å². The van der Waals surface area contributed by atoms with E-state index in [-0.39, 0.29) is 23.2 Å². The molecule has 0 aliphatic rings. The quantitative estimate of drug-likeness (QED) is 0.824. The van der Waals surface area contributed by atoms with E-state index in [1.807, 2.05) is 6.07 Å². The van der Waals surface area contributed by atoms with Crippen molar-refractivity contribution in [2.24, 2.45) is 5.73 Å². The average Bonchev–Trinajstić information content (AvgIpc) is 2.66. The van der Waals surface area contributed by atoms with Crippen LogP contribution in [-0.2, 0) is 6.54 Å². The van der Waals surface area contributed by atoms with E-state index < -0.39 is 17.2 Å². The van der Waals surface area contributed by atoms with Gasteiger partial charge in [-0.2, -0.15) is 5.26 Å². The van der Waals surface area contributed by atoms with Crippen LogP contribution in [0.1, 0.15) is 21.7 Å². The first-order valence-electron chi connectivity index (χ1n) is 5.40. The second-order valence-electron chi connectivity index (χ2n) is 3.92. The molecule has 0 aliphatic carbocycles. The van der Waals surface area contributed by atoms with E-state index >= 15 is 0 Å². The fraction of sp³-hybridized carbons (Fsp3) is 0.273. The Morgan fingerprint density at radius 1 is 1.53 bits per heavy atom. The van der Waals surface area contributed by atoms with Crippen molar-refractivity contribution < 1.29 is 4.79 Å². The third kappa shape index (κ3) is 2.04. The van der Waals surface area contributed by atoms with Gasteiger partial charge in [-0.05, 0) is 12.5 Å². The van der Waals surface area contributed by atoms with E-state index in [4.69, 9.17) is 11.0 Å². The van der Waals surface area contributed by atoms with Crippen LogP contribution in [0.4, 0.5) is 0 Å². The van der Waals surface area contributed by atoms with Crippen LogP contribution in [-0.4, -0.2) is 15.5 Å². The molecule has 98 valence electrons. The summed E-state index contributed by atoms with van der Waals surface area (Å²) in [5.41, 5.74) is 4.57. The summed E-state index contributed by atoms with van der Waals surface area (Å²) >= 11 is 0.984. The van der Waals surface area contributed by atoms with Crippen molar-refractivity contribution in [3.05, 3.63) is 31.3 Å². The Morgan fingerprint density at radius 2 is 2.21 bits per heavy atom. The Bertz CT molecular complexity index is 821. The van der Waals surface area contributed by atoms with Crippen LogP contribution in [0.15, 0.2) is 9.59 Å². The Morgan fingerprint density at radius 3 is 2.79 bits per heavy atom. The topological polar surface area (TPSA) is 122 Å². The van der Waals surface area contributed by atoms with Crippen molar-refractivity contribution in [2.45, 2.75) is 19.9 Å². The summed E-state index contributed by atoms with van der Waals surface area (Å²) in [6.45, 7) is 1.62. The zero-order valence-electron chi connectivity index (χ0n) is 10.0. The first-order valence-corrected chi connectivity index (χ1v) is 6.22. The second kappa shape index (κ2) is 4.70. The number of nitrogens with one attached hydrogen (secondary N) is 1. The molecule has 2 aromatic rings. The second-order valence-corrected chi connectivity index (χ2v) is 4.94. The Kier molecular flexibility index (Phi) is 3.23. The molecule has 1 amide bonds. The summed E-state index contributed by atoms with van der Waals surface area (Å²) in [6, 6.07) is 1.87. The van der Waals surface area contributed by atoms with E-state index in [1.165, 1.54) is 0 Å². The Labute approximate surface area is 110 Å². The van der Waals surface area contributed by atoms with Gasteiger partial charge in [0.1, 0.15) is 4.83 Å². The number of aromatic nitrogens is 2. The van der Waals surface area contributed by atoms with Gasteiger partial charge in [0.2, 0.25) is 0 Å². The van der Waals surface area contributed by atoms with Gasteiger partial charge in [-0.25, -0.2) is 4.79 Å². The molecule has 0 atom stereocenters. The number of thiophene rings is 1. The summed E-state index contributed by atoms with van der Waals surface area (Å²) < 4.78 is 0.954. The van der Waals surface area contributed by atoms with Gasteiger partial charge in [0.15, 0.2) is 0 Å². The van der Waals surface area contributed by atoms with Gasteiger partial charge in [-0.15, -0.1) is 11.3 Å². The molecule has 7 nitrogen and oxygen atoms in total. The van der Waals surface area contributed by atoms with Gasteiger partial charge in [0.25, 0.3) is 11.5 Å². The lowest BCUT2D eigenvalue weighted by Crippen LogP contribution is -2.34. The fourth-order valence-corrected chi connectivity index (χ4v) is 2.89. The smallest absolute Gasteiger partial charge is 0.329 e. The maximum absolute atomic E-state index is 12.2. The van der Waals surface area contributed by atoms with Crippen molar-refractivity contribution in [3.63, 3.8) is 0 Å². The summed E-state index contributed by atoms with van der Waals surface area (Å²) in [5, 5.41) is 8.79. The lowest BCUT2D eigenvalue weighted by atomic mass is 10.2. The van der Waals surface area contributed by atoms with Gasteiger partial charge in [0.05, 0.1) is 22.8 Å². The zero-order chi connectivity index (χ0) is 14.2. The number of nitrogens with zero attached hydrogens (tertiary/aromatic N) is 2. The molecule has 0 saturated heterocycles. The predicted octanol–water partition coefficient (Wildman–Crippen LogP) is 0.0723. The van der Waals surface area contributed by atoms with Gasteiger partial charge in [-0.3, -0.25) is 19.1 Å². The number of hydrogen-bond acceptors (Lipinski definition) is 5. The third-order valence-corrected chi connectivity index (χ3v) is 3.96. The molecule has 0 bridgehead atoms. The number of nitriles is 1. The number of H-pyrrole nitrogens is 1. The first kappa shape index (κ1) is 13.0. The minimum absolute atomic E-state index is 0.0157. The summed E-state index contributed by atoms with van der Waals surface area (Å²) in [6.07, 6.45) is 0.0559. The molecule has 2 heterocycles. The van der Waals surface area contributed by atoms with Crippen LogP contribution in [0.3, 0.4) is 0 Å². The molecular formula is C11H10N4O3S. The van der Waals surface area contributed by atoms with Crippen molar-refractivity contribution >= 4 is 27.5 Å². The maximum Gasteiger partial charge on any atom is 0.329 e. The highest BCUT2D eigenvalue weighted by Crippen LogP contribution is 2.25. The van der Waals surface area contributed by atoms with Gasteiger partial charge in [-0.1, -0.05) is 0 Å². The number of aryl methyl sites for hydroxylation is 1. The van der Waals surface area contributed by atoms with E-state index in [9.17, 15) is 14.4 Å². The Hall–Kier alpha value is -2.40. The zero-order valence-corrected chi connectivity index (χ0v) is 10.8. The van der Waals surface area contributed by atoms with E-state index in [0.717, 1.165) is 15.9 Å². The molecule has 0 spiro atoms. The van der Waals surface area contributed by atoms with E-state index in [1.54, 1.807) is 6.92 Å². The molecule has 8 heteroatoms. The van der Waals surface area contributed by atoms with Crippen molar-refractivity contribution in [1.82, 2.24) is 9.55 Å². The predicted molar refractivity (Wildman–Crippen MR) is 70.2 cm³/mol. The monoisotopic (exact) mass is 278 g/mol. The molecule has 19 heavy (non-hydrogen) atoms. The van der Waals surface area contributed by atoms with Crippen LogP contribution < -0.4 is 17.0 Å². The van der Waals surface area contributed by atoms with Crippen LogP contribution >= 0.6 is 11.3 Å². The molecule has 0 fully saturated rings. The highest BCUT2D eigenvalue weighted by Gasteiger charge is 2.18. The van der Waals surface area contributed by atoms with Gasteiger partial charge < -0.3 is 5.73 Å². The molecule has 0 aliphatic heterocycles. The van der Waals surface area contributed by atoms with Crippen LogP contribution in [0, 0.1) is 18.3 Å². The minimum atomic E-state index is -0.637. The third-order valence-electron chi connectivity index (χ3n) is 2.74. The van der Waals surface area contributed by atoms with E-state index in [2.05, 4.69) is 4.98 Å². The summed E-state index contributed by atoms with van der Waals surface area (Å²) in [5.74, 6) is -0.637. The number of carbonyl (C=O) groups is 1. The number of carbonyl (C=O) groups excluding carboxylic acids is 1. The summed E-state index contributed by atoms with van der Waals surface area (Å²) in [4.78, 5) is 38.3. The maximum atomic E-state index is 12.2. The lowest BCUT2D eigenvalue weighted by molar-refractivity contribution is 0.100. The molecule has 2 rings (SSSR count). The minimum Gasteiger partial charge on any atom is -0.365 e. The lowest BCUT2D eigenvalue weighted by Gasteiger charge is -2.01. The molecule has 0 unspecified atom stereocenters. The van der Waals surface area contributed by atoms with Crippen molar-refractivity contribution in [3.8, 4) is 6.07 Å². The number of amides is 1. The number of rotatable bonds is 3. The normalized spacial score (nSPS) is 10.5. The Balaban J connectivity index is 2.81. The van der Waals surface area contributed by atoms with Crippen LogP contribution in [0.2, 0.25) is 0 Å². The first-order chi connectivity index (χ1) is 8.97. The number of fused-ring (bicyclic) bond motifs is 1. The van der Waals surface area contributed by atoms with Crippen LogP contribution in [0.25, 0.3) is 10.2 Å². The molecule has 0 aromatic carbocycles. The summed E-state index contributed by atoms with van der Waals surface area (Å²) in [7, 11) is 0. The largest absolute Gasteiger partial charge is 0.365 e. The number of aromatic amines is 1. The highest BCUT2D eigenvalue weighted by atomic mass is 32.1. The van der Waals surface area contributed by atoms with Gasteiger partial charge >= 0.3 is 5.69 Å². The van der Waals surface area contributed by atoms with Crippen molar-refractivity contribution in [2.75, 3.05) is 0 Å². The molecular weight excluding hydrogens is 268 g/mol. The SMILES string of the molecule is Cc1c(C(N)=O)sc2[nH]c(=O)n(CCC#N)c(=O)c12. The molecule has 3 N–H and O–H groups in total. The molecule has 2 aromatic heterocycles. The van der Waals surface area contributed by atoms with E-state index in [0.29, 0.717) is 10.4 Å². The fourth-order valence-electron chi connectivity index (χ4n) is 1.85. The molecule has 0 radical (unpaired) electrons.